The van der Waals surface area contributed by atoms with Crippen molar-refractivity contribution in [1.29, 1.82) is 0 Å². The van der Waals surface area contributed by atoms with Crippen LogP contribution in [0.2, 0.25) is 0 Å². The minimum Gasteiger partial charge on any atom is -0.463 e. The Labute approximate surface area is 246 Å². The Kier molecular flexibility index (Phi) is 10.7. The Hall–Kier alpha value is -2.28. The van der Waals surface area contributed by atoms with Gasteiger partial charge in [-0.3, -0.25) is 19.2 Å². The molecule has 42 heavy (non-hydrogen) atoms. The maximum atomic E-state index is 12.6. The standard InChI is InChI=1S/C30H44O12/c31-25(39-16-21-12-35-21)2-8-29(9-3-26(32)40-17-22-13-36-22)6-1-7-30(20-29,10-4-27(33)41-18-23-14-37-23)11-5-28(34)42-19-24-15-38-24/h21-24H,1-20H2. The van der Waals surface area contributed by atoms with E-state index in [-0.39, 0.29) is 111 Å². The summed E-state index contributed by atoms with van der Waals surface area (Å²) in [5.41, 5.74) is -0.695. The summed E-state index contributed by atoms with van der Waals surface area (Å²) in [6.07, 6.45) is 6.25. The van der Waals surface area contributed by atoms with E-state index >= 15 is 0 Å². The first-order valence-corrected chi connectivity index (χ1v) is 15.4. The first kappa shape index (κ1) is 31.2. The zero-order chi connectivity index (χ0) is 29.4. The lowest BCUT2D eigenvalue weighted by atomic mass is 9.56. The molecule has 0 radical (unpaired) electrons. The fourth-order valence-electron chi connectivity index (χ4n) is 6.07. The highest BCUT2D eigenvalue weighted by Crippen LogP contribution is 2.55. The first-order valence-electron chi connectivity index (χ1n) is 15.4. The van der Waals surface area contributed by atoms with Crippen LogP contribution in [-0.2, 0) is 57.1 Å². The molecule has 1 aliphatic carbocycles. The summed E-state index contributed by atoms with van der Waals surface area (Å²) < 4.78 is 42.2. The fraction of sp³-hybridized carbons (Fsp3) is 0.867. The van der Waals surface area contributed by atoms with Crippen molar-refractivity contribution >= 4 is 23.9 Å². The molecule has 12 heteroatoms. The molecule has 5 rings (SSSR count). The van der Waals surface area contributed by atoms with Crippen molar-refractivity contribution < 1.29 is 57.1 Å². The second-order valence-electron chi connectivity index (χ2n) is 12.6. The molecule has 236 valence electrons. The van der Waals surface area contributed by atoms with Crippen LogP contribution >= 0.6 is 0 Å². The Balaban J connectivity index is 1.22. The third-order valence-corrected chi connectivity index (χ3v) is 8.93. The summed E-state index contributed by atoms with van der Waals surface area (Å²) in [5.74, 6) is -1.14. The van der Waals surface area contributed by atoms with Crippen LogP contribution in [0.15, 0.2) is 0 Å². The van der Waals surface area contributed by atoms with Gasteiger partial charge in [0.15, 0.2) is 0 Å². The van der Waals surface area contributed by atoms with Gasteiger partial charge in [0.05, 0.1) is 26.4 Å². The normalized spacial score (nSPS) is 32.4. The molecule has 0 amide bonds. The topological polar surface area (TPSA) is 155 Å². The van der Waals surface area contributed by atoms with E-state index in [1.165, 1.54) is 0 Å². The van der Waals surface area contributed by atoms with Crippen molar-refractivity contribution in [2.45, 2.75) is 101 Å². The molecule has 4 unspecified atom stereocenters. The lowest BCUT2D eigenvalue weighted by Crippen LogP contribution is -2.38. The Morgan fingerprint density at radius 1 is 0.500 bits per heavy atom. The average Bonchev–Trinajstić information content (AvgIpc) is 3.81. The van der Waals surface area contributed by atoms with Crippen molar-refractivity contribution in [2.75, 3.05) is 52.9 Å². The third-order valence-electron chi connectivity index (χ3n) is 8.93. The highest BCUT2D eigenvalue weighted by molar-refractivity contribution is 5.71. The van der Waals surface area contributed by atoms with Crippen LogP contribution in [0.4, 0.5) is 0 Å². The van der Waals surface area contributed by atoms with Crippen molar-refractivity contribution in [1.82, 2.24) is 0 Å². The third kappa shape index (κ3) is 11.1. The predicted octanol–water partition coefficient (Wildman–Crippen LogP) is 2.42. The Morgan fingerprint density at radius 2 is 0.762 bits per heavy atom. The van der Waals surface area contributed by atoms with Crippen LogP contribution in [0, 0.1) is 10.8 Å². The summed E-state index contributed by atoms with van der Waals surface area (Å²) in [4.78, 5) is 50.4. The molecule has 0 N–H and O–H groups in total. The number of hydrogen-bond donors (Lipinski definition) is 0. The number of ether oxygens (including phenoxy) is 8. The SMILES string of the molecule is O=C(CCC1(CCC(=O)OCC2CO2)CCCC(CCC(=O)OCC2CO2)(CCC(=O)OCC2CO2)C1)OCC1CO1. The zero-order valence-electron chi connectivity index (χ0n) is 24.4. The van der Waals surface area contributed by atoms with E-state index in [0.717, 1.165) is 19.3 Å². The summed E-state index contributed by atoms with van der Waals surface area (Å²) in [6.45, 7) is 3.47. The maximum absolute atomic E-state index is 12.6. The molecule has 4 atom stereocenters. The lowest BCUT2D eigenvalue weighted by molar-refractivity contribution is -0.146. The molecule has 1 saturated carbocycles. The molecule has 5 fully saturated rings. The second-order valence-corrected chi connectivity index (χ2v) is 12.6. The second kappa shape index (κ2) is 14.5. The van der Waals surface area contributed by atoms with Gasteiger partial charge in [0.25, 0.3) is 0 Å². The van der Waals surface area contributed by atoms with Crippen LogP contribution in [0.3, 0.4) is 0 Å². The van der Waals surface area contributed by atoms with Gasteiger partial charge < -0.3 is 37.9 Å². The quantitative estimate of drug-likeness (QED) is 0.115. The number of hydrogen-bond acceptors (Lipinski definition) is 12. The van der Waals surface area contributed by atoms with Gasteiger partial charge in [0, 0.05) is 25.7 Å². The largest absolute Gasteiger partial charge is 0.463 e. The maximum Gasteiger partial charge on any atom is 0.305 e. The van der Waals surface area contributed by atoms with Gasteiger partial charge in [-0.1, -0.05) is 6.42 Å². The molecule has 0 bridgehead atoms. The van der Waals surface area contributed by atoms with Gasteiger partial charge in [0.2, 0.25) is 0 Å². The predicted molar refractivity (Wildman–Crippen MR) is 143 cm³/mol. The monoisotopic (exact) mass is 596 g/mol. The smallest absolute Gasteiger partial charge is 0.305 e. The van der Waals surface area contributed by atoms with E-state index in [4.69, 9.17) is 37.9 Å². The number of carbonyl (C=O) groups excluding carboxylic acids is 4. The molecule has 0 aromatic carbocycles. The minimum atomic E-state index is -0.347. The van der Waals surface area contributed by atoms with Crippen molar-refractivity contribution in [3.05, 3.63) is 0 Å². The Bertz CT molecular complexity index is 812. The lowest BCUT2D eigenvalue weighted by Gasteiger charge is -2.49. The van der Waals surface area contributed by atoms with Gasteiger partial charge in [-0.15, -0.1) is 0 Å². The van der Waals surface area contributed by atoms with Gasteiger partial charge in [-0.05, 0) is 55.8 Å². The molecule has 4 heterocycles. The van der Waals surface area contributed by atoms with E-state index in [1.807, 2.05) is 0 Å². The Morgan fingerprint density at radius 3 is 1.00 bits per heavy atom. The molecular formula is C30H44O12. The molecule has 4 saturated heterocycles. The van der Waals surface area contributed by atoms with E-state index in [2.05, 4.69) is 0 Å². The minimum absolute atomic E-state index is 0.00655. The molecule has 0 aromatic rings. The highest BCUT2D eigenvalue weighted by atomic mass is 16.6. The number of rotatable bonds is 20. The van der Waals surface area contributed by atoms with Crippen LogP contribution in [-0.4, -0.2) is 101 Å². The number of carbonyl (C=O) groups is 4. The molecule has 0 aromatic heterocycles. The molecule has 5 aliphatic rings. The summed E-state index contributed by atoms with van der Waals surface area (Å²) in [7, 11) is 0. The summed E-state index contributed by atoms with van der Waals surface area (Å²) in [6, 6.07) is 0. The van der Waals surface area contributed by atoms with Crippen molar-refractivity contribution in [3.63, 3.8) is 0 Å². The van der Waals surface area contributed by atoms with Gasteiger partial charge in [0.1, 0.15) is 50.8 Å². The van der Waals surface area contributed by atoms with Crippen LogP contribution < -0.4 is 0 Å². The van der Waals surface area contributed by atoms with E-state index < -0.39 is 0 Å². The van der Waals surface area contributed by atoms with Crippen molar-refractivity contribution in [3.8, 4) is 0 Å². The molecule has 0 spiro atoms. The van der Waals surface area contributed by atoms with E-state index in [1.54, 1.807) is 0 Å². The number of epoxide rings is 4. The van der Waals surface area contributed by atoms with E-state index in [0.29, 0.717) is 58.5 Å². The zero-order valence-corrected chi connectivity index (χ0v) is 24.4. The van der Waals surface area contributed by atoms with Crippen LogP contribution in [0.25, 0.3) is 0 Å². The fourth-order valence-corrected chi connectivity index (χ4v) is 6.07. The first-order chi connectivity index (χ1) is 20.3. The van der Waals surface area contributed by atoms with Crippen LogP contribution in [0.5, 0.6) is 0 Å². The summed E-state index contributed by atoms with van der Waals surface area (Å²) >= 11 is 0. The van der Waals surface area contributed by atoms with E-state index in [9.17, 15) is 19.2 Å². The molecule has 12 nitrogen and oxygen atoms in total. The van der Waals surface area contributed by atoms with Gasteiger partial charge >= 0.3 is 23.9 Å². The van der Waals surface area contributed by atoms with Crippen LogP contribution in [0.1, 0.15) is 77.0 Å². The summed E-state index contributed by atoms with van der Waals surface area (Å²) in [5, 5.41) is 0. The van der Waals surface area contributed by atoms with Gasteiger partial charge in [-0.25, -0.2) is 0 Å². The molecule has 4 aliphatic heterocycles. The highest BCUT2D eigenvalue weighted by Gasteiger charge is 2.45. The molecular weight excluding hydrogens is 552 g/mol. The van der Waals surface area contributed by atoms with Gasteiger partial charge in [-0.2, -0.15) is 0 Å². The van der Waals surface area contributed by atoms with Crippen molar-refractivity contribution in [2.24, 2.45) is 10.8 Å². The number of esters is 4. The average molecular weight is 597 g/mol.